The summed E-state index contributed by atoms with van der Waals surface area (Å²) in [5, 5.41) is 11.2. The van der Waals surface area contributed by atoms with Crippen LogP contribution in [0.15, 0.2) is 22.0 Å². The number of halogens is 1. The van der Waals surface area contributed by atoms with Gasteiger partial charge >= 0.3 is 0 Å². The van der Waals surface area contributed by atoms with Gasteiger partial charge in [0.25, 0.3) is 5.91 Å². The molecule has 7 nitrogen and oxygen atoms in total. The van der Waals surface area contributed by atoms with E-state index in [0.717, 1.165) is 5.56 Å². The summed E-state index contributed by atoms with van der Waals surface area (Å²) in [7, 11) is 4.75. The number of amides is 1. The van der Waals surface area contributed by atoms with Gasteiger partial charge in [0.1, 0.15) is 6.61 Å². The summed E-state index contributed by atoms with van der Waals surface area (Å²) in [6.07, 6.45) is 1.73. The quantitative estimate of drug-likeness (QED) is 0.480. The van der Waals surface area contributed by atoms with Crippen molar-refractivity contribution in [3.8, 4) is 11.5 Å². The number of methoxy groups -OCH3 is 1. The Kier molecular flexibility index (Phi) is 6.10. The molecule has 1 heterocycles. The van der Waals surface area contributed by atoms with Crippen LogP contribution >= 0.6 is 34.4 Å². The largest absolute Gasteiger partial charge is 0.546 e. The van der Waals surface area contributed by atoms with Crippen LogP contribution in [0.3, 0.4) is 0 Å². The Bertz CT molecular complexity index is 748. The average molecular weight is 461 g/mol. The highest BCUT2D eigenvalue weighted by Crippen LogP contribution is 2.36. The second kappa shape index (κ2) is 7.88. The summed E-state index contributed by atoms with van der Waals surface area (Å²) < 4.78 is 11.1. The van der Waals surface area contributed by atoms with Crippen LogP contribution in [0.2, 0.25) is 0 Å². The molecule has 9 heteroatoms. The van der Waals surface area contributed by atoms with Gasteiger partial charge in [0.2, 0.25) is 0 Å². The van der Waals surface area contributed by atoms with E-state index >= 15 is 0 Å². The van der Waals surface area contributed by atoms with Gasteiger partial charge in [-0.25, -0.2) is 0 Å². The van der Waals surface area contributed by atoms with Crippen molar-refractivity contribution in [2.24, 2.45) is 4.99 Å². The van der Waals surface area contributed by atoms with Crippen molar-refractivity contribution in [2.75, 3.05) is 27.8 Å². The lowest BCUT2D eigenvalue weighted by Crippen LogP contribution is -2.29. The number of aliphatic carboxylic acids is 1. The highest BCUT2D eigenvalue weighted by Gasteiger charge is 2.29. The Morgan fingerprint density at radius 2 is 2.21 bits per heavy atom. The Morgan fingerprint density at radius 1 is 1.50 bits per heavy atom. The summed E-state index contributed by atoms with van der Waals surface area (Å²) in [6.45, 7) is -0.567. The third-order valence-corrected chi connectivity index (χ3v) is 5.03. The van der Waals surface area contributed by atoms with Gasteiger partial charge in [-0.3, -0.25) is 14.7 Å². The Morgan fingerprint density at radius 3 is 2.75 bits per heavy atom. The van der Waals surface area contributed by atoms with E-state index in [0.29, 0.717) is 25.1 Å². The number of carboxylic acid groups (broad SMARTS) is 1. The number of likely N-dealkylation sites (N-methyl/N-ethyl adjacent to an activating group) is 1. The van der Waals surface area contributed by atoms with Crippen molar-refractivity contribution in [3.05, 3.63) is 26.2 Å². The van der Waals surface area contributed by atoms with Gasteiger partial charge in [0.15, 0.2) is 16.7 Å². The minimum atomic E-state index is -1.32. The molecule has 1 aliphatic rings. The predicted molar refractivity (Wildman–Crippen MR) is 97.9 cm³/mol. The normalized spacial score (nSPS) is 17.7. The zero-order chi connectivity index (χ0) is 17.9. The molecule has 0 aliphatic carbocycles. The van der Waals surface area contributed by atoms with E-state index < -0.39 is 12.6 Å². The summed E-state index contributed by atoms with van der Waals surface area (Å²) >= 11 is 3.30. The molecule has 0 atom stereocenters. The molecule has 0 saturated carbocycles. The van der Waals surface area contributed by atoms with Gasteiger partial charge in [0, 0.05) is 14.1 Å². The summed E-state index contributed by atoms with van der Waals surface area (Å²) in [5.74, 6) is -0.751. The molecule has 1 aliphatic heterocycles. The number of nitrogens with zero attached hydrogens (tertiary/aromatic N) is 2. The van der Waals surface area contributed by atoms with Crippen molar-refractivity contribution in [1.29, 1.82) is 0 Å². The first kappa shape index (κ1) is 18.6. The maximum atomic E-state index is 12.2. The third-order valence-electron chi connectivity index (χ3n) is 3.08. The number of carbonyl (C=O) groups excluding carboxylic acids is 2. The number of carbonyl (C=O) groups is 2. The van der Waals surface area contributed by atoms with Gasteiger partial charge in [-0.15, -0.1) is 0 Å². The van der Waals surface area contributed by atoms with Crippen molar-refractivity contribution in [2.45, 2.75) is 0 Å². The number of amidine groups is 1. The van der Waals surface area contributed by atoms with Crippen molar-refractivity contribution < 1.29 is 24.2 Å². The van der Waals surface area contributed by atoms with E-state index in [4.69, 9.17) is 9.47 Å². The third kappa shape index (κ3) is 4.01. The molecule has 0 bridgehead atoms. The molecule has 1 fully saturated rings. The van der Waals surface area contributed by atoms with E-state index in [2.05, 4.69) is 4.99 Å². The van der Waals surface area contributed by atoms with Gasteiger partial charge in [-0.1, -0.05) is 0 Å². The number of thioether (sulfide) groups is 1. The average Bonchev–Trinajstić information content (AvgIpc) is 2.81. The van der Waals surface area contributed by atoms with Crippen LogP contribution in [0, 0.1) is 3.57 Å². The summed E-state index contributed by atoms with van der Waals surface area (Å²) in [5.41, 5.74) is 0.735. The molecule has 24 heavy (non-hydrogen) atoms. The van der Waals surface area contributed by atoms with Crippen LogP contribution in [0.25, 0.3) is 6.08 Å². The van der Waals surface area contributed by atoms with E-state index in [1.54, 1.807) is 32.3 Å². The summed E-state index contributed by atoms with van der Waals surface area (Å²) in [6, 6.07) is 3.45. The molecule has 1 aromatic rings. The molecule has 128 valence electrons. The van der Waals surface area contributed by atoms with Gasteiger partial charge in [-0.2, -0.15) is 0 Å². The Labute approximate surface area is 156 Å². The van der Waals surface area contributed by atoms with Crippen LogP contribution in [-0.2, 0) is 9.59 Å². The number of benzene rings is 1. The number of carboxylic acids is 1. The lowest BCUT2D eigenvalue weighted by molar-refractivity contribution is -0.307. The first-order chi connectivity index (χ1) is 11.4. The van der Waals surface area contributed by atoms with Gasteiger partial charge < -0.3 is 19.4 Å². The monoisotopic (exact) mass is 461 g/mol. The lowest BCUT2D eigenvalue weighted by atomic mass is 10.2. The highest BCUT2D eigenvalue weighted by atomic mass is 127. The molecule has 2 rings (SSSR count). The molecule has 0 N–H and O–H groups in total. The Hall–Kier alpha value is -1.75. The second-order valence-corrected chi connectivity index (χ2v) is 6.85. The molecule has 0 radical (unpaired) electrons. The standard InChI is InChI=1S/C15H15IN2O5S/c1-17-15-18(2)14(21)11(24-15)6-8-4-9(16)13(10(5-8)22-3)23-7-12(19)20/h4-6H,7H2,1-3H3,(H,19,20)/p-1/b11-6+,17-15?. The van der Waals surface area contributed by atoms with E-state index in [9.17, 15) is 14.7 Å². The zero-order valence-electron chi connectivity index (χ0n) is 13.2. The molecule has 1 saturated heterocycles. The number of ether oxygens (including phenoxy) is 2. The molecule has 0 spiro atoms. The van der Waals surface area contributed by atoms with Crippen LogP contribution in [0.1, 0.15) is 5.56 Å². The summed E-state index contributed by atoms with van der Waals surface area (Å²) in [4.78, 5) is 28.8. The van der Waals surface area contributed by atoms with Crippen LogP contribution in [0.4, 0.5) is 0 Å². The van der Waals surface area contributed by atoms with Crippen LogP contribution < -0.4 is 14.6 Å². The first-order valence-electron chi connectivity index (χ1n) is 6.72. The fourth-order valence-corrected chi connectivity index (χ4v) is 3.70. The fourth-order valence-electron chi connectivity index (χ4n) is 2.00. The van der Waals surface area contributed by atoms with E-state index in [-0.39, 0.29) is 5.91 Å². The van der Waals surface area contributed by atoms with E-state index in [1.165, 1.54) is 23.8 Å². The maximum absolute atomic E-state index is 12.2. The first-order valence-corrected chi connectivity index (χ1v) is 8.61. The molecule has 1 amide bonds. The lowest BCUT2D eigenvalue weighted by Gasteiger charge is -2.14. The molecule has 0 unspecified atom stereocenters. The SMILES string of the molecule is CN=C1S/C(=C/c2cc(I)c(OCC(=O)[O-])c(OC)c2)C(=O)N1C. The van der Waals surface area contributed by atoms with Crippen LogP contribution in [0.5, 0.6) is 11.5 Å². The number of rotatable bonds is 5. The molecule has 0 aromatic heterocycles. The zero-order valence-corrected chi connectivity index (χ0v) is 16.1. The predicted octanol–water partition coefficient (Wildman–Crippen LogP) is 0.960. The highest BCUT2D eigenvalue weighted by molar-refractivity contribution is 14.1. The smallest absolute Gasteiger partial charge is 0.266 e. The van der Waals surface area contributed by atoms with Crippen LogP contribution in [-0.4, -0.2) is 49.8 Å². The van der Waals surface area contributed by atoms with Crippen molar-refractivity contribution in [1.82, 2.24) is 4.90 Å². The maximum Gasteiger partial charge on any atom is 0.266 e. The number of hydrogen-bond donors (Lipinski definition) is 0. The molecular weight excluding hydrogens is 447 g/mol. The minimum Gasteiger partial charge on any atom is -0.546 e. The molecular formula is C15H14IN2O5S-. The minimum absolute atomic E-state index is 0.133. The number of hydrogen-bond acceptors (Lipinski definition) is 7. The van der Waals surface area contributed by atoms with Crippen molar-refractivity contribution in [3.63, 3.8) is 0 Å². The topological polar surface area (TPSA) is 91.3 Å². The molecule has 1 aromatic carbocycles. The fraction of sp³-hybridized carbons (Fsp3) is 0.267. The van der Waals surface area contributed by atoms with Gasteiger partial charge in [0.05, 0.1) is 21.6 Å². The Balaban J connectivity index is 2.36. The number of aliphatic imine (C=N–C) groups is 1. The van der Waals surface area contributed by atoms with Gasteiger partial charge in [-0.05, 0) is 58.1 Å². The van der Waals surface area contributed by atoms with Crippen molar-refractivity contribution >= 4 is 57.5 Å². The van der Waals surface area contributed by atoms with E-state index in [1.807, 2.05) is 22.6 Å². The second-order valence-electron chi connectivity index (χ2n) is 4.68.